The molecule has 1 rings (SSSR count). The van der Waals surface area contributed by atoms with E-state index in [1.807, 2.05) is 6.92 Å². The fourth-order valence-electron chi connectivity index (χ4n) is 0.821. The van der Waals surface area contributed by atoms with E-state index >= 15 is 0 Å². The van der Waals surface area contributed by atoms with Crippen molar-refractivity contribution in [3.05, 3.63) is 29.8 Å². The van der Waals surface area contributed by atoms with Crippen LogP contribution in [0.2, 0.25) is 0 Å². The molecule has 2 N–H and O–H groups in total. The third kappa shape index (κ3) is 3.56. The Morgan fingerprint density at radius 2 is 1.71 bits per heavy atom. The predicted molar refractivity (Wildman–Crippen MR) is 47.5 cm³/mol. The minimum atomic E-state index is -4.61. The van der Waals surface area contributed by atoms with E-state index in [0.717, 1.165) is 5.56 Å². The largest absolute Gasteiger partial charge is 1.00 e. The molecule has 0 spiro atoms. The first-order chi connectivity index (χ1) is 5.91. The molecule has 0 atom stereocenters. The second-order valence-electron chi connectivity index (χ2n) is 2.59. The maximum atomic E-state index is 10.5. The molecule has 5 nitrogen and oxygen atoms in total. The maximum absolute atomic E-state index is 10.5. The molecule has 1 aromatic carbocycles. The van der Waals surface area contributed by atoms with Crippen molar-refractivity contribution >= 4 is 16.0 Å². The van der Waals surface area contributed by atoms with E-state index < -0.39 is 10.3 Å². The van der Waals surface area contributed by atoms with Crippen molar-refractivity contribution in [1.82, 2.24) is 0 Å². The normalized spacial score (nSPS) is 10.5. The van der Waals surface area contributed by atoms with Crippen molar-refractivity contribution in [2.75, 3.05) is 4.41 Å². The molecule has 0 saturated heterocycles. The Bertz CT molecular complexity index is 390. The van der Waals surface area contributed by atoms with E-state index in [1.54, 1.807) is 12.1 Å². The van der Waals surface area contributed by atoms with E-state index in [0.29, 0.717) is 0 Å². The van der Waals surface area contributed by atoms with Crippen molar-refractivity contribution in [1.29, 1.82) is 0 Å². The molecule has 0 heterocycles. The smallest absolute Gasteiger partial charge is 0.730 e. The van der Waals surface area contributed by atoms with Gasteiger partial charge < -0.3 is 4.55 Å². The van der Waals surface area contributed by atoms with Crippen LogP contribution >= 0.6 is 0 Å². The van der Waals surface area contributed by atoms with Gasteiger partial charge in [-0.05, 0) is 19.1 Å². The molecule has 0 bridgehead atoms. The number of hydrogen-bond donors (Lipinski definition) is 1. The summed E-state index contributed by atoms with van der Waals surface area (Å²) in [5.74, 6) is 5.05. The fraction of sp³-hybridized carbons (Fsp3) is 0.143. The van der Waals surface area contributed by atoms with E-state index in [-0.39, 0.29) is 39.7 Å². The number of hydrogen-bond acceptors (Lipinski definition) is 4. The average Bonchev–Trinajstić information content (AvgIpc) is 2.03. The standard InChI is InChI=1S/C7H10N2O3S.Na/c1-6-2-4-7(5-3-6)9(8)13(10,11)12;/h2-5H,8H2,1H3,(H,10,11,12);/q;+1/p-1. The molecular weight excluding hydrogens is 215 g/mol. The molecule has 0 fully saturated rings. The van der Waals surface area contributed by atoms with Crippen LogP contribution < -0.4 is 39.8 Å². The van der Waals surface area contributed by atoms with E-state index in [2.05, 4.69) is 0 Å². The number of nitrogens with zero attached hydrogens (tertiary/aromatic N) is 1. The molecule has 7 heteroatoms. The molecule has 0 aromatic heterocycles. The van der Waals surface area contributed by atoms with Gasteiger partial charge in [-0.15, -0.1) is 0 Å². The van der Waals surface area contributed by atoms with Crippen LogP contribution in [-0.2, 0) is 10.3 Å². The predicted octanol–water partition coefficient (Wildman–Crippen LogP) is -2.86. The number of aryl methyl sites for hydroxylation is 1. The summed E-state index contributed by atoms with van der Waals surface area (Å²) >= 11 is 0. The topological polar surface area (TPSA) is 86.5 Å². The first-order valence-corrected chi connectivity index (χ1v) is 4.85. The molecule has 0 radical (unpaired) electrons. The third-order valence-corrected chi connectivity index (χ3v) is 2.22. The summed E-state index contributed by atoms with van der Waals surface area (Å²) in [6, 6.07) is 6.26. The van der Waals surface area contributed by atoms with Crippen LogP contribution in [-0.4, -0.2) is 13.0 Å². The van der Waals surface area contributed by atoms with Crippen LogP contribution in [0, 0.1) is 6.92 Å². The van der Waals surface area contributed by atoms with Crippen LogP contribution in [0.1, 0.15) is 5.56 Å². The summed E-state index contributed by atoms with van der Waals surface area (Å²) in [6.07, 6.45) is 0. The monoisotopic (exact) mass is 224 g/mol. The molecule has 14 heavy (non-hydrogen) atoms. The minimum Gasteiger partial charge on any atom is -0.730 e. The molecule has 0 aliphatic heterocycles. The number of hydrazine groups is 1. The van der Waals surface area contributed by atoms with Gasteiger partial charge in [-0.3, -0.25) is 0 Å². The summed E-state index contributed by atoms with van der Waals surface area (Å²) in [5, 5.41) is 0. The summed E-state index contributed by atoms with van der Waals surface area (Å²) < 4.78 is 31.6. The Labute approximate surface area is 105 Å². The minimum absolute atomic E-state index is 0. The van der Waals surface area contributed by atoms with Gasteiger partial charge in [-0.25, -0.2) is 18.7 Å². The molecule has 1 aromatic rings. The number of rotatable bonds is 2. The van der Waals surface area contributed by atoms with Gasteiger partial charge in [0.05, 0.1) is 5.69 Å². The quantitative estimate of drug-likeness (QED) is 0.253. The molecule has 0 unspecified atom stereocenters. The van der Waals surface area contributed by atoms with Crippen LogP contribution in [0.3, 0.4) is 0 Å². The summed E-state index contributed by atoms with van der Waals surface area (Å²) in [6.45, 7) is 1.84. The van der Waals surface area contributed by atoms with Gasteiger partial charge in [0.1, 0.15) is 0 Å². The van der Waals surface area contributed by atoms with E-state index in [4.69, 9.17) is 5.84 Å². The van der Waals surface area contributed by atoms with Gasteiger partial charge in [-0.1, -0.05) is 17.7 Å². The van der Waals surface area contributed by atoms with Crippen LogP contribution in [0.5, 0.6) is 0 Å². The van der Waals surface area contributed by atoms with Gasteiger partial charge in [0, 0.05) is 0 Å². The van der Waals surface area contributed by atoms with Crippen molar-refractivity contribution in [2.45, 2.75) is 6.92 Å². The molecule has 0 aliphatic carbocycles. The number of anilines is 1. The SMILES string of the molecule is Cc1ccc(N(N)S(=O)(=O)[O-])cc1.[Na+]. The van der Waals surface area contributed by atoms with E-state index in [9.17, 15) is 13.0 Å². The Balaban J connectivity index is 0.00000169. The maximum Gasteiger partial charge on any atom is 1.00 e. The number of nitrogens with two attached hydrogens (primary N) is 1. The molecule has 0 amide bonds. The van der Waals surface area contributed by atoms with Crippen molar-refractivity contribution < 1.29 is 42.5 Å². The van der Waals surface area contributed by atoms with Gasteiger partial charge in [-0.2, -0.15) is 0 Å². The summed E-state index contributed by atoms with van der Waals surface area (Å²) in [4.78, 5) is 0. The molecule has 72 valence electrons. The Morgan fingerprint density at radius 3 is 2.07 bits per heavy atom. The molecule has 0 saturated carbocycles. The first kappa shape index (κ1) is 13.9. The Kier molecular flexibility index (Phi) is 5.07. The van der Waals surface area contributed by atoms with Crippen LogP contribution in [0.25, 0.3) is 0 Å². The van der Waals surface area contributed by atoms with Crippen molar-refractivity contribution in [2.24, 2.45) is 5.84 Å². The van der Waals surface area contributed by atoms with E-state index in [1.165, 1.54) is 12.1 Å². The van der Waals surface area contributed by atoms with Gasteiger partial charge in [0.2, 0.25) is 0 Å². The van der Waals surface area contributed by atoms with Gasteiger partial charge >= 0.3 is 29.6 Å². The van der Waals surface area contributed by atoms with Crippen LogP contribution in [0.15, 0.2) is 24.3 Å². The van der Waals surface area contributed by atoms with Gasteiger partial charge in [0.25, 0.3) is 0 Å². The zero-order valence-electron chi connectivity index (χ0n) is 7.97. The second kappa shape index (κ2) is 5.11. The summed E-state index contributed by atoms with van der Waals surface area (Å²) in [7, 11) is -4.61. The Hall–Kier alpha value is -0.110. The second-order valence-corrected chi connectivity index (χ2v) is 3.84. The molecular formula is C7H9N2NaO3S. The zero-order valence-corrected chi connectivity index (χ0v) is 10.8. The molecule has 0 aliphatic rings. The first-order valence-electron chi connectivity index (χ1n) is 3.49. The van der Waals surface area contributed by atoms with Crippen LogP contribution in [0.4, 0.5) is 5.69 Å². The summed E-state index contributed by atoms with van der Waals surface area (Å²) in [5.41, 5.74) is 1.11. The fourth-order valence-corrected chi connectivity index (χ4v) is 1.20. The van der Waals surface area contributed by atoms with Crippen molar-refractivity contribution in [3.8, 4) is 0 Å². The number of benzene rings is 1. The third-order valence-electron chi connectivity index (χ3n) is 1.53. The van der Waals surface area contributed by atoms with Gasteiger partial charge in [0.15, 0.2) is 10.3 Å². The average molecular weight is 224 g/mol. The zero-order chi connectivity index (χ0) is 10.1. The Morgan fingerprint density at radius 1 is 1.29 bits per heavy atom. The van der Waals surface area contributed by atoms with Crippen molar-refractivity contribution in [3.63, 3.8) is 0 Å².